The summed E-state index contributed by atoms with van der Waals surface area (Å²) in [6.07, 6.45) is 2.91. The summed E-state index contributed by atoms with van der Waals surface area (Å²) in [5, 5.41) is 12.4. The molecule has 0 fully saturated rings. The maximum atomic E-state index is 11.7. The van der Waals surface area contributed by atoms with Crippen molar-refractivity contribution in [2.75, 3.05) is 20.3 Å². The highest BCUT2D eigenvalue weighted by Gasteiger charge is 2.06. The lowest BCUT2D eigenvalue weighted by Gasteiger charge is -2.09. The molecule has 0 heterocycles. The number of carbonyl (C=O) groups is 1. The van der Waals surface area contributed by atoms with E-state index < -0.39 is 0 Å². The Balaban J connectivity index is 2.25. The van der Waals surface area contributed by atoms with Crippen molar-refractivity contribution in [1.29, 1.82) is 0 Å². The first-order chi connectivity index (χ1) is 10.1. The molecule has 1 amide bonds. The fourth-order valence-electron chi connectivity index (χ4n) is 1.98. The summed E-state index contributed by atoms with van der Waals surface area (Å²) in [5.41, 5.74) is 1.02. The van der Waals surface area contributed by atoms with E-state index in [1.54, 1.807) is 7.11 Å². The molecule has 2 N–H and O–H groups in total. The van der Waals surface area contributed by atoms with E-state index in [4.69, 9.17) is 21.4 Å². The summed E-state index contributed by atoms with van der Waals surface area (Å²) < 4.78 is 5.09. The monoisotopic (exact) mass is 313 g/mol. The number of aliphatic hydroxyl groups excluding tert-OH is 1. The van der Waals surface area contributed by atoms with E-state index in [1.807, 2.05) is 25.1 Å². The Morgan fingerprint density at radius 1 is 1.48 bits per heavy atom. The first kappa shape index (κ1) is 17.8. The summed E-state index contributed by atoms with van der Waals surface area (Å²) >= 11 is 6.04. The molecule has 1 atom stereocenters. The van der Waals surface area contributed by atoms with Crippen LogP contribution >= 0.6 is 11.6 Å². The number of hydrogen-bond donors (Lipinski definition) is 2. The third kappa shape index (κ3) is 6.82. The normalized spacial score (nSPS) is 12.0. The predicted octanol–water partition coefficient (Wildman–Crippen LogP) is 2.81. The van der Waals surface area contributed by atoms with Gasteiger partial charge in [-0.25, -0.2) is 0 Å². The number of rotatable bonds is 9. The first-order valence-corrected chi connectivity index (χ1v) is 7.64. The molecule has 1 unspecified atom stereocenters. The number of nitrogens with one attached hydrogen (secondary N) is 1. The Kier molecular flexibility index (Phi) is 8.16. The Morgan fingerprint density at radius 2 is 2.24 bits per heavy atom. The molecule has 0 aromatic heterocycles. The maximum absolute atomic E-state index is 11.7. The second-order valence-corrected chi connectivity index (χ2v) is 5.66. The maximum Gasteiger partial charge on any atom is 0.220 e. The van der Waals surface area contributed by atoms with E-state index in [1.165, 1.54) is 0 Å². The molecular weight excluding hydrogens is 290 g/mol. The van der Waals surface area contributed by atoms with Crippen LogP contribution in [0.1, 0.15) is 31.7 Å². The number of aryl methyl sites for hydroxylation is 1. The zero-order chi connectivity index (χ0) is 15.7. The van der Waals surface area contributed by atoms with E-state index >= 15 is 0 Å². The molecule has 0 saturated carbocycles. The number of amides is 1. The number of aliphatic hydroxyl groups is 1. The van der Waals surface area contributed by atoms with E-state index in [0.717, 1.165) is 18.4 Å². The molecule has 1 aromatic rings. The van der Waals surface area contributed by atoms with Crippen LogP contribution in [0.25, 0.3) is 0 Å². The van der Waals surface area contributed by atoms with Gasteiger partial charge in [0.2, 0.25) is 5.91 Å². The Hall–Kier alpha value is -1.26. The molecule has 1 rings (SSSR count). The zero-order valence-corrected chi connectivity index (χ0v) is 13.4. The van der Waals surface area contributed by atoms with Gasteiger partial charge in [-0.1, -0.05) is 24.6 Å². The smallest absolute Gasteiger partial charge is 0.220 e. The molecule has 1 aromatic carbocycles. The van der Waals surface area contributed by atoms with Crippen LogP contribution < -0.4 is 10.1 Å². The average Bonchev–Trinajstić information content (AvgIpc) is 2.49. The van der Waals surface area contributed by atoms with Crippen molar-refractivity contribution in [3.63, 3.8) is 0 Å². The third-order valence-corrected chi connectivity index (χ3v) is 3.66. The van der Waals surface area contributed by atoms with Gasteiger partial charge in [0.05, 0.1) is 12.1 Å². The van der Waals surface area contributed by atoms with Gasteiger partial charge in [0.15, 0.2) is 0 Å². The molecule has 0 aliphatic carbocycles. The Morgan fingerprint density at radius 3 is 2.86 bits per heavy atom. The van der Waals surface area contributed by atoms with Gasteiger partial charge in [-0.15, -0.1) is 0 Å². The Bertz CT molecular complexity index is 451. The fraction of sp³-hybridized carbons (Fsp3) is 0.562. The van der Waals surface area contributed by atoms with Gasteiger partial charge in [0.1, 0.15) is 5.75 Å². The van der Waals surface area contributed by atoms with Crippen LogP contribution in [-0.4, -0.2) is 31.3 Å². The van der Waals surface area contributed by atoms with Crippen LogP contribution in [0.4, 0.5) is 0 Å². The fourth-order valence-corrected chi connectivity index (χ4v) is 2.26. The highest BCUT2D eigenvalue weighted by molar-refractivity contribution is 6.32. The number of hydrogen-bond acceptors (Lipinski definition) is 3. The number of carbonyl (C=O) groups excluding carboxylic acids is 1. The summed E-state index contributed by atoms with van der Waals surface area (Å²) in [6.45, 7) is 2.86. The molecule has 0 radical (unpaired) electrons. The first-order valence-electron chi connectivity index (χ1n) is 7.26. The van der Waals surface area contributed by atoms with Gasteiger partial charge in [-0.3, -0.25) is 4.79 Å². The number of methoxy groups -OCH3 is 1. The van der Waals surface area contributed by atoms with Gasteiger partial charge in [0.25, 0.3) is 0 Å². The minimum absolute atomic E-state index is 0.0404. The van der Waals surface area contributed by atoms with Crippen LogP contribution in [0.15, 0.2) is 18.2 Å². The molecular formula is C16H24ClNO3. The average molecular weight is 314 g/mol. The molecule has 21 heavy (non-hydrogen) atoms. The molecule has 5 heteroatoms. The van der Waals surface area contributed by atoms with Crippen LogP contribution in [0, 0.1) is 5.92 Å². The largest absolute Gasteiger partial charge is 0.495 e. The van der Waals surface area contributed by atoms with Crippen molar-refractivity contribution in [2.45, 2.75) is 32.6 Å². The van der Waals surface area contributed by atoms with Crippen LogP contribution in [0.5, 0.6) is 5.75 Å². The standard InChI is InChI=1S/C16H24ClNO3/c1-12(11-19)4-3-9-18-16(20)8-6-13-5-7-15(21-2)14(17)10-13/h5,7,10,12,19H,3-4,6,8-9,11H2,1-2H3,(H,18,20). The van der Waals surface area contributed by atoms with Crippen molar-refractivity contribution >= 4 is 17.5 Å². The molecule has 4 nitrogen and oxygen atoms in total. The van der Waals surface area contributed by atoms with E-state index in [0.29, 0.717) is 36.1 Å². The second kappa shape index (κ2) is 9.64. The SMILES string of the molecule is COc1ccc(CCC(=O)NCCCC(C)CO)cc1Cl. The van der Waals surface area contributed by atoms with Crippen LogP contribution in [-0.2, 0) is 11.2 Å². The van der Waals surface area contributed by atoms with Gasteiger partial charge < -0.3 is 15.2 Å². The highest BCUT2D eigenvalue weighted by Crippen LogP contribution is 2.25. The molecule has 0 bridgehead atoms. The van der Waals surface area contributed by atoms with E-state index in [-0.39, 0.29) is 12.5 Å². The summed E-state index contributed by atoms with van der Waals surface area (Å²) in [6, 6.07) is 5.56. The van der Waals surface area contributed by atoms with Crippen molar-refractivity contribution in [1.82, 2.24) is 5.32 Å². The van der Waals surface area contributed by atoms with Crippen LogP contribution in [0.3, 0.4) is 0 Å². The van der Waals surface area contributed by atoms with Gasteiger partial charge >= 0.3 is 0 Å². The lowest BCUT2D eigenvalue weighted by molar-refractivity contribution is -0.121. The molecule has 0 aliphatic rings. The lowest BCUT2D eigenvalue weighted by atomic mass is 10.1. The summed E-state index contributed by atoms with van der Waals surface area (Å²) in [5.74, 6) is 0.977. The predicted molar refractivity (Wildman–Crippen MR) is 84.8 cm³/mol. The zero-order valence-electron chi connectivity index (χ0n) is 12.7. The van der Waals surface area contributed by atoms with Crippen molar-refractivity contribution in [2.24, 2.45) is 5.92 Å². The second-order valence-electron chi connectivity index (χ2n) is 5.25. The molecule has 0 spiro atoms. The third-order valence-electron chi connectivity index (χ3n) is 3.36. The van der Waals surface area contributed by atoms with Crippen molar-refractivity contribution < 1.29 is 14.6 Å². The van der Waals surface area contributed by atoms with Gasteiger partial charge in [-0.2, -0.15) is 0 Å². The number of halogens is 1. The minimum atomic E-state index is 0.0404. The van der Waals surface area contributed by atoms with Crippen molar-refractivity contribution in [3.05, 3.63) is 28.8 Å². The highest BCUT2D eigenvalue weighted by atomic mass is 35.5. The Labute approximate surface area is 131 Å². The molecule has 118 valence electrons. The van der Waals surface area contributed by atoms with E-state index in [9.17, 15) is 4.79 Å². The van der Waals surface area contributed by atoms with Gasteiger partial charge in [0, 0.05) is 19.6 Å². The number of benzene rings is 1. The van der Waals surface area contributed by atoms with Crippen LogP contribution in [0.2, 0.25) is 5.02 Å². The topological polar surface area (TPSA) is 58.6 Å². The van der Waals surface area contributed by atoms with E-state index in [2.05, 4.69) is 5.32 Å². The minimum Gasteiger partial charge on any atom is -0.495 e. The van der Waals surface area contributed by atoms with Crippen molar-refractivity contribution in [3.8, 4) is 5.75 Å². The van der Waals surface area contributed by atoms with Gasteiger partial charge in [-0.05, 0) is 42.9 Å². The lowest BCUT2D eigenvalue weighted by Crippen LogP contribution is -2.25. The molecule has 0 saturated heterocycles. The summed E-state index contributed by atoms with van der Waals surface area (Å²) in [4.78, 5) is 11.7. The summed E-state index contributed by atoms with van der Waals surface area (Å²) in [7, 11) is 1.58. The quantitative estimate of drug-likeness (QED) is 0.689. The molecule has 0 aliphatic heterocycles. The number of ether oxygens (including phenoxy) is 1.